The maximum Gasteiger partial charge on any atom is 0.573 e. The highest BCUT2D eigenvalue weighted by Crippen LogP contribution is 2.28. The number of nitro groups is 1. The van der Waals surface area contributed by atoms with Crippen LogP contribution in [0.3, 0.4) is 0 Å². The van der Waals surface area contributed by atoms with Crippen molar-refractivity contribution in [2.45, 2.75) is 45.1 Å². The molecule has 0 aliphatic carbocycles. The molecule has 11 heteroatoms. The van der Waals surface area contributed by atoms with Gasteiger partial charge in [-0.1, -0.05) is 19.1 Å². The first-order valence-corrected chi connectivity index (χ1v) is 8.09. The van der Waals surface area contributed by atoms with Gasteiger partial charge < -0.3 is 24.3 Å². The number of halogens is 3. The second-order valence-electron chi connectivity index (χ2n) is 5.90. The van der Waals surface area contributed by atoms with E-state index in [-0.39, 0.29) is 36.4 Å². The number of hydrogen-bond donors (Lipinski definition) is 0. The van der Waals surface area contributed by atoms with Crippen LogP contribution in [-0.2, 0) is 17.9 Å². The summed E-state index contributed by atoms with van der Waals surface area (Å²) < 4.78 is 53.4. The number of ether oxygens (including phenoxy) is 3. The highest BCUT2D eigenvalue weighted by molar-refractivity contribution is 5.27. The van der Waals surface area contributed by atoms with Gasteiger partial charge in [0, 0.05) is 4.98 Å². The Morgan fingerprint density at radius 1 is 1.37 bits per heavy atom. The monoisotopic (exact) mass is 387 g/mol. The maximum absolute atomic E-state index is 12.2. The van der Waals surface area contributed by atoms with Gasteiger partial charge in [0.1, 0.15) is 24.2 Å². The summed E-state index contributed by atoms with van der Waals surface area (Å²) in [6, 6.07) is 5.52. The van der Waals surface area contributed by atoms with Crippen molar-refractivity contribution < 1.29 is 32.3 Å². The Morgan fingerprint density at radius 3 is 2.67 bits per heavy atom. The van der Waals surface area contributed by atoms with Gasteiger partial charge in [-0.2, -0.15) is 0 Å². The predicted molar refractivity (Wildman–Crippen MR) is 85.3 cm³/mol. The largest absolute Gasteiger partial charge is 0.573 e. The average Bonchev–Trinajstić information content (AvgIpc) is 3.02. The smallest absolute Gasteiger partial charge is 0.440 e. The van der Waals surface area contributed by atoms with E-state index in [1.807, 2.05) is 6.92 Å². The molecular formula is C16H16F3N3O5. The van der Waals surface area contributed by atoms with Crippen molar-refractivity contribution in [3.63, 3.8) is 0 Å². The fourth-order valence-electron chi connectivity index (χ4n) is 2.72. The Balaban J connectivity index is 1.63. The quantitative estimate of drug-likeness (QED) is 0.557. The van der Waals surface area contributed by atoms with Crippen molar-refractivity contribution in [2.24, 2.45) is 0 Å². The van der Waals surface area contributed by atoms with E-state index in [1.54, 1.807) is 0 Å². The third-order valence-corrected chi connectivity index (χ3v) is 3.99. The molecule has 2 heterocycles. The number of imidazole rings is 1. The molecule has 2 atom stereocenters. The Morgan fingerprint density at radius 2 is 2.07 bits per heavy atom. The van der Waals surface area contributed by atoms with Gasteiger partial charge in [0.25, 0.3) is 0 Å². The van der Waals surface area contributed by atoms with Crippen LogP contribution < -0.4 is 9.47 Å². The Labute approximate surface area is 151 Å². The molecule has 3 rings (SSSR count). The maximum atomic E-state index is 12.2. The normalized spacial score (nSPS) is 19.3. The number of nitrogens with zero attached hydrogens (tertiary/aromatic N) is 3. The number of hydrogen-bond acceptors (Lipinski definition) is 6. The molecule has 1 unspecified atom stereocenters. The minimum Gasteiger partial charge on any atom is -0.440 e. The molecule has 1 aliphatic heterocycles. The summed E-state index contributed by atoms with van der Waals surface area (Å²) in [5, 5.41) is 10.8. The van der Waals surface area contributed by atoms with Crippen LogP contribution in [0.5, 0.6) is 11.8 Å². The SMILES string of the molecule is CC[C@@H]1Oc2nc([N+](=O)[O-])cn2CC1OCc1ccc(OC(F)(F)F)cc1. The molecule has 1 aromatic heterocycles. The molecule has 2 aromatic rings. The lowest BCUT2D eigenvalue weighted by atomic mass is 10.1. The fourth-order valence-corrected chi connectivity index (χ4v) is 2.72. The number of alkyl halides is 3. The van der Waals surface area contributed by atoms with Gasteiger partial charge in [-0.05, 0) is 29.0 Å². The van der Waals surface area contributed by atoms with E-state index >= 15 is 0 Å². The molecule has 1 aliphatic rings. The van der Waals surface area contributed by atoms with Crippen molar-refractivity contribution in [1.29, 1.82) is 0 Å². The van der Waals surface area contributed by atoms with E-state index in [2.05, 4.69) is 9.72 Å². The van der Waals surface area contributed by atoms with Gasteiger partial charge in [-0.25, -0.2) is 0 Å². The zero-order valence-electron chi connectivity index (χ0n) is 14.2. The van der Waals surface area contributed by atoms with Crippen LogP contribution in [0, 0.1) is 10.1 Å². The molecule has 0 radical (unpaired) electrons. The molecule has 0 bridgehead atoms. The summed E-state index contributed by atoms with van der Waals surface area (Å²) in [6.45, 7) is 2.35. The van der Waals surface area contributed by atoms with E-state index in [1.165, 1.54) is 35.0 Å². The summed E-state index contributed by atoms with van der Waals surface area (Å²) >= 11 is 0. The third kappa shape index (κ3) is 4.67. The molecule has 0 fully saturated rings. The first-order valence-electron chi connectivity index (χ1n) is 8.09. The van der Waals surface area contributed by atoms with Crippen LogP contribution in [0.15, 0.2) is 30.5 Å². The molecule has 1 aromatic carbocycles. The summed E-state index contributed by atoms with van der Waals surface area (Å²) in [4.78, 5) is 14.1. The van der Waals surface area contributed by atoms with Gasteiger partial charge in [-0.3, -0.25) is 4.57 Å². The van der Waals surface area contributed by atoms with Gasteiger partial charge in [0.2, 0.25) is 0 Å². The van der Waals surface area contributed by atoms with E-state index in [9.17, 15) is 23.3 Å². The third-order valence-electron chi connectivity index (χ3n) is 3.99. The Bertz CT molecular complexity index is 807. The summed E-state index contributed by atoms with van der Waals surface area (Å²) in [5.74, 6) is -0.616. The van der Waals surface area contributed by atoms with Crippen LogP contribution in [0.25, 0.3) is 0 Å². The standard InChI is InChI=1S/C16H16F3N3O5/c1-2-12-13(7-21-8-14(22(23)24)20-15(21)26-12)25-9-10-3-5-11(6-4-10)27-16(17,18)19/h3-6,8,12-13H,2,7,9H2,1H3/t12-,13?/m0/s1. The molecule has 0 spiro atoms. The lowest BCUT2D eigenvalue weighted by Crippen LogP contribution is -2.41. The van der Waals surface area contributed by atoms with E-state index in [0.29, 0.717) is 18.5 Å². The number of aromatic nitrogens is 2. The number of benzene rings is 1. The van der Waals surface area contributed by atoms with Crippen molar-refractivity contribution >= 4 is 5.82 Å². The minimum absolute atomic E-state index is 0.142. The second-order valence-corrected chi connectivity index (χ2v) is 5.90. The van der Waals surface area contributed by atoms with Gasteiger partial charge in [0.15, 0.2) is 0 Å². The van der Waals surface area contributed by atoms with Crippen LogP contribution >= 0.6 is 0 Å². The summed E-state index contributed by atoms with van der Waals surface area (Å²) in [5.41, 5.74) is 0.654. The van der Waals surface area contributed by atoms with Crippen LogP contribution in [0.1, 0.15) is 18.9 Å². The Hall–Kier alpha value is -2.82. The molecule has 0 N–H and O–H groups in total. The van der Waals surface area contributed by atoms with Gasteiger partial charge >= 0.3 is 18.2 Å². The molecule has 0 saturated carbocycles. The lowest BCUT2D eigenvalue weighted by molar-refractivity contribution is -0.389. The lowest BCUT2D eigenvalue weighted by Gasteiger charge is -2.30. The molecule has 8 nitrogen and oxygen atoms in total. The summed E-state index contributed by atoms with van der Waals surface area (Å²) in [7, 11) is 0. The van der Waals surface area contributed by atoms with Crippen molar-refractivity contribution in [3.8, 4) is 11.8 Å². The predicted octanol–water partition coefficient (Wildman–Crippen LogP) is 3.45. The average molecular weight is 387 g/mol. The van der Waals surface area contributed by atoms with Crippen molar-refractivity contribution in [2.75, 3.05) is 0 Å². The number of rotatable bonds is 6. The first kappa shape index (κ1) is 19.0. The Kier molecular flexibility index (Phi) is 5.22. The molecule has 0 amide bonds. The molecule has 0 saturated heterocycles. The van der Waals surface area contributed by atoms with Crippen molar-refractivity contribution in [1.82, 2.24) is 9.55 Å². The highest BCUT2D eigenvalue weighted by atomic mass is 19.4. The minimum atomic E-state index is -4.74. The zero-order chi connectivity index (χ0) is 19.6. The fraction of sp³-hybridized carbons (Fsp3) is 0.438. The topological polar surface area (TPSA) is 88.7 Å². The van der Waals surface area contributed by atoms with E-state index in [0.717, 1.165) is 0 Å². The summed E-state index contributed by atoms with van der Waals surface area (Å²) in [6.07, 6.45) is -3.59. The highest BCUT2D eigenvalue weighted by Gasteiger charge is 2.35. The molecular weight excluding hydrogens is 371 g/mol. The van der Waals surface area contributed by atoms with Crippen molar-refractivity contribution in [3.05, 3.63) is 46.1 Å². The van der Waals surface area contributed by atoms with Gasteiger partial charge in [0.05, 0.1) is 13.2 Å². The van der Waals surface area contributed by atoms with E-state index < -0.39 is 11.3 Å². The molecule has 146 valence electrons. The van der Waals surface area contributed by atoms with Crippen LogP contribution in [-0.4, -0.2) is 33.0 Å². The second kappa shape index (κ2) is 7.43. The van der Waals surface area contributed by atoms with E-state index in [4.69, 9.17) is 9.47 Å². The van der Waals surface area contributed by atoms with Crippen LogP contribution in [0.4, 0.5) is 19.0 Å². The first-order chi connectivity index (χ1) is 12.7. The molecule has 27 heavy (non-hydrogen) atoms. The van der Waals surface area contributed by atoms with Crippen LogP contribution in [0.2, 0.25) is 0 Å². The number of fused-ring (bicyclic) bond motifs is 1. The van der Waals surface area contributed by atoms with Gasteiger partial charge in [-0.15, -0.1) is 13.2 Å². The zero-order valence-corrected chi connectivity index (χ0v) is 14.2.